The molecule has 0 unspecified atom stereocenters. The minimum absolute atomic E-state index is 0.160. The number of aromatic nitrogens is 3. The van der Waals surface area contributed by atoms with E-state index in [-0.39, 0.29) is 11.9 Å². The lowest BCUT2D eigenvalue weighted by Gasteiger charge is -2.27. The predicted octanol–water partition coefficient (Wildman–Crippen LogP) is 6.83. The largest absolute Gasteiger partial charge is 0.328 e. The van der Waals surface area contributed by atoms with Crippen LogP contribution in [0.1, 0.15) is 34.5 Å². The van der Waals surface area contributed by atoms with Gasteiger partial charge < -0.3 is 10.6 Å². The maximum Gasteiger partial charge on any atom is 0.255 e. The Morgan fingerprint density at radius 3 is 2.74 bits per heavy atom. The second-order valence-electron chi connectivity index (χ2n) is 8.40. The van der Waals surface area contributed by atoms with E-state index < -0.39 is 0 Å². The number of thioether (sulfide) groups is 1. The lowest BCUT2D eigenvalue weighted by atomic mass is 10.0. The fourth-order valence-electron chi connectivity index (χ4n) is 4.10. The van der Waals surface area contributed by atoms with Gasteiger partial charge in [0.25, 0.3) is 5.91 Å². The maximum absolute atomic E-state index is 13.6. The molecule has 4 aromatic rings. The zero-order chi connectivity index (χ0) is 24.5. The van der Waals surface area contributed by atoms with Crippen LogP contribution in [0.15, 0.2) is 76.4 Å². The minimum atomic E-state index is -0.376. The maximum atomic E-state index is 13.6. The van der Waals surface area contributed by atoms with E-state index in [0.717, 1.165) is 38.0 Å². The Labute approximate surface area is 217 Å². The van der Waals surface area contributed by atoms with Gasteiger partial charge in [0.1, 0.15) is 6.04 Å². The molecule has 0 saturated heterocycles. The van der Waals surface area contributed by atoms with Gasteiger partial charge in [-0.05, 0) is 55.5 Å². The Bertz CT molecular complexity index is 1430. The van der Waals surface area contributed by atoms with Crippen molar-refractivity contribution in [2.45, 2.75) is 37.7 Å². The van der Waals surface area contributed by atoms with Crippen molar-refractivity contribution < 1.29 is 4.79 Å². The summed E-state index contributed by atoms with van der Waals surface area (Å²) in [6.45, 7) is 5.95. The summed E-state index contributed by atoms with van der Waals surface area (Å²) in [5, 5.41) is 14.6. The van der Waals surface area contributed by atoms with Gasteiger partial charge in [0.05, 0.1) is 5.57 Å². The van der Waals surface area contributed by atoms with E-state index in [1.165, 1.54) is 11.8 Å². The summed E-state index contributed by atoms with van der Waals surface area (Å²) in [6, 6.07) is 17.4. The molecule has 0 aliphatic carbocycles. The third-order valence-electron chi connectivity index (χ3n) is 5.84. The van der Waals surface area contributed by atoms with Gasteiger partial charge in [0.2, 0.25) is 11.1 Å². The number of halogens is 1. The fraction of sp³-hybridized carbons (Fsp3) is 0.192. The van der Waals surface area contributed by atoms with Gasteiger partial charge in [-0.25, -0.2) is 4.68 Å². The molecule has 1 aliphatic rings. The Hall–Kier alpha value is -3.07. The molecule has 2 aromatic carbocycles. The smallest absolute Gasteiger partial charge is 0.255 e. The van der Waals surface area contributed by atoms with E-state index in [0.29, 0.717) is 22.4 Å². The predicted molar refractivity (Wildman–Crippen MR) is 144 cm³/mol. The van der Waals surface area contributed by atoms with E-state index >= 15 is 0 Å². The summed E-state index contributed by atoms with van der Waals surface area (Å²) >= 11 is 9.43. The molecule has 178 valence electrons. The third-order valence-corrected chi connectivity index (χ3v) is 8.02. The summed E-state index contributed by atoms with van der Waals surface area (Å²) in [7, 11) is 0. The van der Waals surface area contributed by atoms with E-state index in [9.17, 15) is 4.79 Å². The zero-order valence-corrected chi connectivity index (χ0v) is 21.9. The van der Waals surface area contributed by atoms with Crippen LogP contribution in [0.5, 0.6) is 0 Å². The Balaban J connectivity index is 1.46. The third kappa shape index (κ3) is 4.87. The van der Waals surface area contributed by atoms with Gasteiger partial charge in [-0.15, -0.1) is 16.4 Å². The van der Waals surface area contributed by atoms with Crippen LogP contribution in [-0.2, 0) is 10.5 Å². The van der Waals surface area contributed by atoms with Crippen LogP contribution in [0.2, 0.25) is 5.02 Å². The Morgan fingerprint density at radius 1 is 1.17 bits per heavy atom. The number of nitrogens with zero attached hydrogens (tertiary/aromatic N) is 3. The number of rotatable bonds is 6. The van der Waals surface area contributed by atoms with Crippen molar-refractivity contribution in [3.63, 3.8) is 0 Å². The monoisotopic (exact) mass is 521 g/mol. The number of fused-ring (bicyclic) bond motifs is 1. The molecule has 0 fully saturated rings. The molecular weight excluding hydrogens is 498 g/mol. The van der Waals surface area contributed by atoms with Crippen LogP contribution in [0.25, 0.3) is 0 Å². The van der Waals surface area contributed by atoms with Crippen LogP contribution in [0.4, 0.5) is 11.6 Å². The topological polar surface area (TPSA) is 71.8 Å². The summed E-state index contributed by atoms with van der Waals surface area (Å²) < 4.78 is 1.81. The number of hydrogen-bond acceptors (Lipinski definition) is 6. The molecule has 0 bridgehead atoms. The second kappa shape index (κ2) is 9.89. The first kappa shape index (κ1) is 23.7. The molecule has 1 atom stereocenters. The number of allylic oxidation sites excluding steroid dienone is 1. The van der Waals surface area contributed by atoms with E-state index in [1.54, 1.807) is 11.3 Å². The highest BCUT2D eigenvalue weighted by molar-refractivity contribution is 7.98. The van der Waals surface area contributed by atoms with Gasteiger partial charge in [-0.2, -0.15) is 4.98 Å². The number of aryl methyl sites for hydroxylation is 2. The highest BCUT2D eigenvalue weighted by Gasteiger charge is 2.35. The van der Waals surface area contributed by atoms with Gasteiger partial charge >= 0.3 is 0 Å². The standard InChI is InChI=1S/C26H24ClN5OS2/c1-15-10-11-20(16(2)13-15)29-24(33)22-17(3)28-25-30-26(35-14-18-7-4-5-8-19(18)27)31-32(25)23(22)21-9-6-12-34-21/h4-13,23H,14H2,1-3H3,(H,29,33)(H,28,30,31)/t23-/m1/s1. The van der Waals surface area contributed by atoms with Crippen molar-refractivity contribution in [1.29, 1.82) is 0 Å². The average Bonchev–Trinajstić information content (AvgIpc) is 3.49. The van der Waals surface area contributed by atoms with Crippen LogP contribution in [0, 0.1) is 13.8 Å². The highest BCUT2D eigenvalue weighted by Crippen LogP contribution is 2.39. The van der Waals surface area contributed by atoms with Crippen LogP contribution in [-0.4, -0.2) is 20.7 Å². The summed E-state index contributed by atoms with van der Waals surface area (Å²) in [5.74, 6) is 1.11. The molecule has 2 N–H and O–H groups in total. The van der Waals surface area contributed by atoms with E-state index in [4.69, 9.17) is 21.7 Å². The number of carbonyl (C=O) groups excluding carboxylic acids is 1. The number of hydrogen-bond donors (Lipinski definition) is 2. The number of anilines is 2. The average molecular weight is 522 g/mol. The molecule has 35 heavy (non-hydrogen) atoms. The first-order chi connectivity index (χ1) is 16.9. The first-order valence-electron chi connectivity index (χ1n) is 11.1. The molecule has 2 aromatic heterocycles. The van der Waals surface area contributed by atoms with E-state index in [1.807, 2.05) is 79.4 Å². The molecule has 6 nitrogen and oxygen atoms in total. The molecule has 1 amide bonds. The van der Waals surface area contributed by atoms with Gasteiger partial charge in [-0.3, -0.25) is 4.79 Å². The fourth-order valence-corrected chi connectivity index (χ4v) is 6.03. The SMILES string of the molecule is CC1=C(C(=O)Nc2ccc(C)cc2C)[C@@H](c2cccs2)n2nc(SCc3ccccc3Cl)nc2N1. The quantitative estimate of drug-likeness (QED) is 0.272. The number of amides is 1. The molecule has 3 heterocycles. The van der Waals surface area contributed by atoms with Crippen molar-refractivity contribution in [2.75, 3.05) is 10.6 Å². The number of nitrogens with one attached hydrogen (secondary N) is 2. The number of carbonyl (C=O) groups is 1. The van der Waals surface area contributed by atoms with Crippen LogP contribution in [0.3, 0.4) is 0 Å². The normalized spacial score (nSPS) is 15.0. The van der Waals surface area contributed by atoms with Crippen molar-refractivity contribution >= 4 is 52.2 Å². The zero-order valence-electron chi connectivity index (χ0n) is 19.5. The van der Waals surface area contributed by atoms with Gasteiger partial charge in [0, 0.05) is 27.0 Å². The molecular formula is C26H24ClN5OS2. The lowest BCUT2D eigenvalue weighted by Crippen LogP contribution is -2.31. The molecule has 9 heteroatoms. The number of benzene rings is 2. The summed E-state index contributed by atoms with van der Waals surface area (Å²) in [6.07, 6.45) is 0. The molecule has 5 rings (SSSR count). The van der Waals surface area contributed by atoms with Gasteiger partial charge in [-0.1, -0.05) is 65.3 Å². The highest BCUT2D eigenvalue weighted by atomic mass is 35.5. The van der Waals surface area contributed by atoms with E-state index in [2.05, 4.69) is 16.7 Å². The lowest BCUT2D eigenvalue weighted by molar-refractivity contribution is -0.113. The summed E-state index contributed by atoms with van der Waals surface area (Å²) in [5.41, 5.74) is 5.37. The van der Waals surface area contributed by atoms with Crippen molar-refractivity contribution in [2.24, 2.45) is 0 Å². The Kier molecular flexibility index (Phi) is 6.69. The molecule has 0 saturated carbocycles. The minimum Gasteiger partial charge on any atom is -0.328 e. The molecule has 0 spiro atoms. The van der Waals surface area contributed by atoms with Crippen molar-refractivity contribution in [1.82, 2.24) is 14.8 Å². The second-order valence-corrected chi connectivity index (χ2v) is 10.7. The number of thiophene rings is 1. The van der Waals surface area contributed by atoms with Crippen molar-refractivity contribution in [3.05, 3.63) is 97.8 Å². The van der Waals surface area contributed by atoms with Crippen LogP contribution >= 0.6 is 34.7 Å². The molecule has 1 aliphatic heterocycles. The van der Waals surface area contributed by atoms with Gasteiger partial charge in [0.15, 0.2) is 0 Å². The van der Waals surface area contributed by atoms with Crippen LogP contribution < -0.4 is 10.6 Å². The van der Waals surface area contributed by atoms with Crippen molar-refractivity contribution in [3.8, 4) is 0 Å². The Morgan fingerprint density at radius 2 is 2.00 bits per heavy atom. The molecule has 0 radical (unpaired) electrons. The summed E-state index contributed by atoms with van der Waals surface area (Å²) in [4.78, 5) is 19.3. The first-order valence-corrected chi connectivity index (χ1v) is 13.4.